The molecule has 0 saturated carbocycles. The van der Waals surface area contributed by atoms with Crippen molar-refractivity contribution in [2.45, 2.75) is 44.7 Å². The molecule has 11 heteroatoms. The second-order valence-corrected chi connectivity index (χ2v) is 9.99. The molecule has 2 heterocycles. The summed E-state index contributed by atoms with van der Waals surface area (Å²) in [6.45, 7) is 1.56. The maximum absolute atomic E-state index is 13.7. The number of aliphatic carboxylic acids is 1. The molecule has 0 bridgehead atoms. The van der Waals surface area contributed by atoms with Crippen LogP contribution in [0.15, 0.2) is 66.7 Å². The third kappa shape index (κ3) is 5.25. The maximum Gasteiger partial charge on any atom is 0.343 e. The number of carboxylic acids is 1. The first-order valence-corrected chi connectivity index (χ1v) is 12.9. The van der Waals surface area contributed by atoms with Crippen molar-refractivity contribution in [1.82, 2.24) is 20.2 Å². The van der Waals surface area contributed by atoms with Crippen molar-refractivity contribution < 1.29 is 29.1 Å². The normalized spacial score (nSPS) is 21.2. The van der Waals surface area contributed by atoms with Gasteiger partial charge in [-0.25, -0.2) is 4.79 Å². The van der Waals surface area contributed by atoms with Crippen LogP contribution in [0.3, 0.4) is 0 Å². The zero-order chi connectivity index (χ0) is 27.7. The Morgan fingerprint density at radius 3 is 2.51 bits per heavy atom. The van der Waals surface area contributed by atoms with E-state index in [1.807, 2.05) is 42.5 Å². The van der Waals surface area contributed by atoms with Crippen LogP contribution < -0.4 is 5.32 Å². The van der Waals surface area contributed by atoms with Gasteiger partial charge < -0.3 is 20.2 Å². The van der Waals surface area contributed by atoms with Crippen LogP contribution in [-0.4, -0.2) is 68.6 Å². The summed E-state index contributed by atoms with van der Waals surface area (Å²) in [7, 11) is 0. The van der Waals surface area contributed by atoms with E-state index in [0.717, 1.165) is 27.0 Å². The van der Waals surface area contributed by atoms with Gasteiger partial charge in [-0.05, 0) is 41.0 Å². The van der Waals surface area contributed by atoms with Gasteiger partial charge >= 0.3 is 12.0 Å². The summed E-state index contributed by atoms with van der Waals surface area (Å²) >= 11 is 5.94. The number of halogens is 1. The number of piperazine rings is 1. The van der Waals surface area contributed by atoms with Crippen molar-refractivity contribution in [3.63, 3.8) is 0 Å². The van der Waals surface area contributed by atoms with Crippen molar-refractivity contribution in [3.05, 3.63) is 82.9 Å². The summed E-state index contributed by atoms with van der Waals surface area (Å²) in [6, 6.07) is 17.9. The molecule has 2 saturated heterocycles. The Morgan fingerprint density at radius 2 is 1.77 bits per heavy atom. The Bertz CT molecular complexity index is 1430. The molecule has 2 aliphatic rings. The second kappa shape index (κ2) is 10.9. The van der Waals surface area contributed by atoms with Gasteiger partial charge in [-0.3, -0.25) is 19.2 Å². The number of carbonyl (C=O) groups excluding carboxylic acids is 3. The number of hydrogen-bond donors (Lipinski definition) is 2. The summed E-state index contributed by atoms with van der Waals surface area (Å²) in [6.07, 6.45) is -1.63. The van der Waals surface area contributed by atoms with Gasteiger partial charge in [0.1, 0.15) is 6.04 Å². The molecule has 3 atom stereocenters. The van der Waals surface area contributed by atoms with E-state index in [1.165, 1.54) is 9.80 Å². The fourth-order valence-corrected chi connectivity index (χ4v) is 5.34. The molecule has 0 unspecified atom stereocenters. The number of nitrogens with one attached hydrogen (secondary N) is 1. The molecule has 2 aliphatic heterocycles. The van der Waals surface area contributed by atoms with Gasteiger partial charge in [0.05, 0.1) is 12.5 Å². The van der Waals surface area contributed by atoms with Crippen LogP contribution in [0.1, 0.15) is 24.5 Å². The van der Waals surface area contributed by atoms with Gasteiger partial charge in [-0.2, -0.15) is 5.06 Å². The SMILES string of the molecule is C[C@H]1[C@@H]2N(C(=O)NCc3ccc(Cl)cc3)OCC(=O)N2[C@@H](CC(=O)O)C(=O)N1Cc1cccc2ccccc12. The van der Waals surface area contributed by atoms with E-state index in [4.69, 9.17) is 16.4 Å². The minimum atomic E-state index is -1.29. The van der Waals surface area contributed by atoms with E-state index in [1.54, 1.807) is 31.2 Å². The molecule has 202 valence electrons. The first-order chi connectivity index (χ1) is 18.7. The fourth-order valence-electron chi connectivity index (χ4n) is 5.22. The molecule has 0 aliphatic carbocycles. The van der Waals surface area contributed by atoms with Crippen LogP contribution in [0.25, 0.3) is 10.8 Å². The van der Waals surface area contributed by atoms with Crippen LogP contribution in [-0.2, 0) is 32.3 Å². The smallest absolute Gasteiger partial charge is 0.343 e. The quantitative estimate of drug-likeness (QED) is 0.485. The molecule has 4 amide bonds. The maximum atomic E-state index is 13.7. The molecule has 2 fully saturated rings. The number of amides is 4. The number of rotatable bonds is 6. The highest BCUT2D eigenvalue weighted by Crippen LogP contribution is 2.32. The molecule has 10 nitrogen and oxygen atoms in total. The molecule has 3 aromatic rings. The molecular weight excluding hydrogens is 524 g/mol. The lowest BCUT2D eigenvalue weighted by Crippen LogP contribution is -2.75. The predicted molar refractivity (Wildman–Crippen MR) is 142 cm³/mol. The average Bonchev–Trinajstić information content (AvgIpc) is 2.92. The van der Waals surface area contributed by atoms with Crippen LogP contribution in [0.5, 0.6) is 0 Å². The highest BCUT2D eigenvalue weighted by molar-refractivity contribution is 6.30. The Morgan fingerprint density at radius 1 is 1.05 bits per heavy atom. The highest BCUT2D eigenvalue weighted by atomic mass is 35.5. The van der Waals surface area contributed by atoms with E-state index >= 15 is 0 Å². The largest absolute Gasteiger partial charge is 0.481 e. The van der Waals surface area contributed by atoms with E-state index in [-0.39, 0.29) is 13.1 Å². The minimum Gasteiger partial charge on any atom is -0.481 e. The third-order valence-electron chi connectivity index (χ3n) is 7.11. The predicted octanol–water partition coefficient (Wildman–Crippen LogP) is 3.38. The van der Waals surface area contributed by atoms with E-state index in [2.05, 4.69) is 5.32 Å². The molecular formula is C28H27ClN4O6. The number of fused-ring (bicyclic) bond motifs is 2. The highest BCUT2D eigenvalue weighted by Gasteiger charge is 2.54. The molecule has 5 rings (SSSR count). The standard InChI is InChI=1S/C28H27ClN4O6/c1-17-26-32(24(34)16-39-33(26)28(38)30-14-18-9-11-21(29)12-10-18)23(13-25(35)36)27(37)31(17)15-20-7-4-6-19-5-2-3-8-22(19)20/h2-12,17,23,26H,13-16H2,1H3,(H,30,38)(H,35,36)/t17-,23-,26-/m0/s1. The number of carboxylic acid groups (broad SMARTS) is 1. The first kappa shape index (κ1) is 26.5. The summed E-state index contributed by atoms with van der Waals surface area (Å²) in [5, 5.41) is 15.9. The van der Waals surface area contributed by atoms with Crippen molar-refractivity contribution in [2.75, 3.05) is 6.61 Å². The minimum absolute atomic E-state index is 0.163. The first-order valence-electron chi connectivity index (χ1n) is 12.5. The Balaban J connectivity index is 1.46. The van der Waals surface area contributed by atoms with Gasteiger partial charge in [0.25, 0.3) is 5.91 Å². The molecule has 0 radical (unpaired) electrons. The molecule has 0 aromatic heterocycles. The van der Waals surface area contributed by atoms with E-state index in [9.17, 15) is 24.3 Å². The molecule has 2 N–H and O–H groups in total. The zero-order valence-corrected chi connectivity index (χ0v) is 21.9. The monoisotopic (exact) mass is 550 g/mol. The number of hydroxylamine groups is 2. The fraction of sp³-hybridized carbons (Fsp3) is 0.286. The van der Waals surface area contributed by atoms with Crippen LogP contribution in [0, 0.1) is 0 Å². The van der Waals surface area contributed by atoms with Crippen LogP contribution in [0.2, 0.25) is 5.02 Å². The zero-order valence-electron chi connectivity index (χ0n) is 21.1. The third-order valence-corrected chi connectivity index (χ3v) is 7.37. The van der Waals surface area contributed by atoms with Gasteiger partial charge in [0, 0.05) is 18.1 Å². The number of carbonyl (C=O) groups is 4. The van der Waals surface area contributed by atoms with Crippen molar-refractivity contribution in [2.24, 2.45) is 0 Å². The van der Waals surface area contributed by atoms with Crippen molar-refractivity contribution >= 4 is 46.2 Å². The molecule has 39 heavy (non-hydrogen) atoms. The number of hydrogen-bond acceptors (Lipinski definition) is 5. The van der Waals surface area contributed by atoms with Gasteiger partial charge in [0.2, 0.25) is 5.91 Å². The summed E-state index contributed by atoms with van der Waals surface area (Å²) < 4.78 is 0. The molecule has 3 aromatic carbocycles. The lowest BCUT2D eigenvalue weighted by molar-refractivity contribution is -0.246. The van der Waals surface area contributed by atoms with Crippen LogP contribution >= 0.6 is 11.6 Å². The number of nitrogens with zero attached hydrogens (tertiary/aromatic N) is 3. The Hall–Kier alpha value is -4.15. The van der Waals surface area contributed by atoms with Crippen LogP contribution in [0.4, 0.5) is 4.79 Å². The summed E-state index contributed by atoms with van der Waals surface area (Å²) in [4.78, 5) is 60.1. The van der Waals surface area contributed by atoms with Crippen molar-refractivity contribution in [3.8, 4) is 0 Å². The number of urea groups is 1. The summed E-state index contributed by atoms with van der Waals surface area (Å²) in [5.74, 6) is -2.28. The second-order valence-electron chi connectivity index (χ2n) is 9.56. The van der Waals surface area contributed by atoms with E-state index in [0.29, 0.717) is 5.02 Å². The van der Waals surface area contributed by atoms with Gasteiger partial charge in [0.15, 0.2) is 12.8 Å². The van der Waals surface area contributed by atoms with Gasteiger partial charge in [-0.1, -0.05) is 66.2 Å². The Kier molecular flexibility index (Phi) is 7.40. The number of benzene rings is 3. The lowest BCUT2D eigenvalue weighted by atomic mass is 9.97. The Labute approximate surface area is 229 Å². The summed E-state index contributed by atoms with van der Waals surface area (Å²) in [5.41, 5.74) is 1.66. The topological polar surface area (TPSA) is 119 Å². The average molecular weight is 551 g/mol. The van der Waals surface area contributed by atoms with Gasteiger partial charge in [-0.15, -0.1) is 0 Å². The van der Waals surface area contributed by atoms with Crippen molar-refractivity contribution in [1.29, 1.82) is 0 Å². The lowest BCUT2D eigenvalue weighted by Gasteiger charge is -2.54. The van der Waals surface area contributed by atoms with E-state index < -0.39 is 55.1 Å². The molecule has 0 spiro atoms.